The van der Waals surface area contributed by atoms with Gasteiger partial charge in [0.2, 0.25) is 0 Å². The Labute approximate surface area is 120 Å². The van der Waals surface area contributed by atoms with E-state index in [2.05, 4.69) is 46.5 Å². The lowest BCUT2D eigenvalue weighted by molar-refractivity contribution is 0.206. The Balaban J connectivity index is 1.63. The van der Waals surface area contributed by atoms with Gasteiger partial charge in [-0.25, -0.2) is 0 Å². The normalized spacial score (nSPS) is 29.0. The van der Waals surface area contributed by atoms with Crippen molar-refractivity contribution < 1.29 is 5.11 Å². The number of nitrogens with zero attached hydrogens (tertiary/aromatic N) is 2. The van der Waals surface area contributed by atoms with Crippen LogP contribution in [0.3, 0.4) is 0 Å². The van der Waals surface area contributed by atoms with Gasteiger partial charge in [0.05, 0.1) is 6.61 Å². The van der Waals surface area contributed by atoms with Crippen molar-refractivity contribution >= 4 is 5.96 Å². The zero-order chi connectivity index (χ0) is 14.0. The van der Waals surface area contributed by atoms with Crippen molar-refractivity contribution in [3.05, 3.63) is 35.9 Å². The summed E-state index contributed by atoms with van der Waals surface area (Å²) in [7, 11) is 2.07. The van der Waals surface area contributed by atoms with Crippen LogP contribution in [-0.4, -0.2) is 49.3 Å². The highest BCUT2D eigenvalue weighted by Crippen LogP contribution is 2.58. The van der Waals surface area contributed by atoms with Crippen LogP contribution in [0.15, 0.2) is 35.3 Å². The molecule has 2 aliphatic rings. The maximum Gasteiger partial charge on any atom is 0.193 e. The van der Waals surface area contributed by atoms with E-state index in [0.29, 0.717) is 5.92 Å². The third kappa shape index (κ3) is 2.52. The summed E-state index contributed by atoms with van der Waals surface area (Å²) < 4.78 is 0. The third-order valence-electron chi connectivity index (χ3n) is 4.58. The van der Waals surface area contributed by atoms with Crippen molar-refractivity contribution in [3.63, 3.8) is 0 Å². The van der Waals surface area contributed by atoms with Crippen LogP contribution in [0, 0.1) is 5.41 Å². The highest BCUT2D eigenvalue weighted by molar-refractivity contribution is 5.80. The Bertz CT molecular complexity index is 488. The largest absolute Gasteiger partial charge is 0.396 e. The Hall–Kier alpha value is -1.55. The average molecular weight is 273 g/mol. The van der Waals surface area contributed by atoms with Gasteiger partial charge in [-0.2, -0.15) is 0 Å². The van der Waals surface area contributed by atoms with Crippen LogP contribution in [0.25, 0.3) is 0 Å². The Morgan fingerprint density at radius 3 is 2.90 bits per heavy atom. The fraction of sp³-hybridized carbons (Fsp3) is 0.562. The second-order valence-electron chi connectivity index (χ2n) is 6.02. The second kappa shape index (κ2) is 5.44. The molecule has 4 heteroatoms. The number of aliphatic hydroxyl groups excluding tert-OH is 1. The second-order valence-corrected chi connectivity index (χ2v) is 6.02. The lowest BCUT2D eigenvalue weighted by atomic mass is 10.00. The quantitative estimate of drug-likeness (QED) is 0.872. The van der Waals surface area contributed by atoms with Crippen LogP contribution >= 0.6 is 0 Å². The van der Waals surface area contributed by atoms with Gasteiger partial charge in [-0.3, -0.25) is 4.99 Å². The molecule has 0 bridgehead atoms. The molecule has 3 rings (SSSR count). The lowest BCUT2D eigenvalue weighted by Gasteiger charge is -2.27. The molecule has 1 aromatic carbocycles. The number of rotatable bonds is 4. The van der Waals surface area contributed by atoms with Crippen LogP contribution in [0.1, 0.15) is 24.3 Å². The first-order valence-corrected chi connectivity index (χ1v) is 7.40. The summed E-state index contributed by atoms with van der Waals surface area (Å²) in [6.45, 7) is 2.99. The number of hydrogen-bond acceptors (Lipinski definition) is 4. The molecule has 2 unspecified atom stereocenters. The summed E-state index contributed by atoms with van der Waals surface area (Å²) in [6.07, 6.45) is 2.18. The van der Waals surface area contributed by atoms with Gasteiger partial charge in [0.15, 0.2) is 5.96 Å². The van der Waals surface area contributed by atoms with Gasteiger partial charge in [0.1, 0.15) is 0 Å². The van der Waals surface area contributed by atoms with Gasteiger partial charge in [0, 0.05) is 32.1 Å². The summed E-state index contributed by atoms with van der Waals surface area (Å²) in [6, 6.07) is 10.5. The van der Waals surface area contributed by atoms with Crippen molar-refractivity contribution in [1.82, 2.24) is 10.2 Å². The molecular formula is C16H23N3O. The molecule has 1 aromatic rings. The van der Waals surface area contributed by atoms with E-state index in [1.54, 1.807) is 0 Å². The molecule has 1 aliphatic heterocycles. The maximum absolute atomic E-state index is 9.79. The Kier molecular flexibility index (Phi) is 3.66. The van der Waals surface area contributed by atoms with E-state index in [0.717, 1.165) is 38.4 Å². The van der Waals surface area contributed by atoms with E-state index in [4.69, 9.17) is 0 Å². The summed E-state index contributed by atoms with van der Waals surface area (Å²) in [5.41, 5.74) is 1.32. The van der Waals surface area contributed by atoms with Crippen molar-refractivity contribution in [2.45, 2.75) is 18.8 Å². The monoisotopic (exact) mass is 273 g/mol. The molecule has 1 heterocycles. The summed E-state index contributed by atoms with van der Waals surface area (Å²) >= 11 is 0. The fourth-order valence-electron chi connectivity index (χ4n) is 3.10. The maximum atomic E-state index is 9.79. The molecule has 20 heavy (non-hydrogen) atoms. The first kappa shape index (κ1) is 13.4. The van der Waals surface area contributed by atoms with Crippen LogP contribution in [0.5, 0.6) is 0 Å². The molecule has 1 aliphatic carbocycles. The van der Waals surface area contributed by atoms with Gasteiger partial charge in [-0.15, -0.1) is 0 Å². The first-order valence-electron chi connectivity index (χ1n) is 7.40. The zero-order valence-electron chi connectivity index (χ0n) is 12.0. The van der Waals surface area contributed by atoms with Gasteiger partial charge in [-0.1, -0.05) is 30.3 Å². The van der Waals surface area contributed by atoms with E-state index in [1.165, 1.54) is 5.56 Å². The minimum absolute atomic E-state index is 0.0117. The summed E-state index contributed by atoms with van der Waals surface area (Å²) in [5, 5.41) is 13.2. The standard InChI is InChI=1S/C16H23N3O/c1-19-9-5-8-17-15(19)18-11-16(12-20)10-14(16)13-6-3-2-4-7-13/h2-4,6-7,14,20H,5,8-12H2,1H3,(H,17,18). The molecule has 2 N–H and O–H groups in total. The molecule has 1 fully saturated rings. The van der Waals surface area contributed by atoms with Gasteiger partial charge in [0.25, 0.3) is 0 Å². The smallest absolute Gasteiger partial charge is 0.193 e. The van der Waals surface area contributed by atoms with Gasteiger partial charge < -0.3 is 15.3 Å². The lowest BCUT2D eigenvalue weighted by Crippen LogP contribution is -2.44. The fourth-order valence-corrected chi connectivity index (χ4v) is 3.10. The molecule has 0 aromatic heterocycles. The predicted octanol–water partition coefficient (Wildman–Crippen LogP) is 1.43. The minimum atomic E-state index is -0.0117. The molecule has 0 spiro atoms. The summed E-state index contributed by atoms with van der Waals surface area (Å²) in [4.78, 5) is 6.68. The molecule has 1 saturated carbocycles. The number of aliphatic imine (C=N–C) groups is 1. The van der Waals surface area contributed by atoms with E-state index in [1.807, 2.05) is 6.07 Å². The van der Waals surface area contributed by atoms with Crippen molar-refractivity contribution in [3.8, 4) is 0 Å². The van der Waals surface area contributed by atoms with Crippen LogP contribution in [0.4, 0.5) is 0 Å². The number of hydrogen-bond donors (Lipinski definition) is 2. The van der Waals surface area contributed by atoms with E-state index < -0.39 is 0 Å². The number of benzene rings is 1. The predicted molar refractivity (Wildman–Crippen MR) is 80.9 cm³/mol. The van der Waals surface area contributed by atoms with Crippen LogP contribution in [-0.2, 0) is 0 Å². The van der Waals surface area contributed by atoms with Crippen LogP contribution < -0.4 is 5.32 Å². The van der Waals surface area contributed by atoms with Crippen molar-refractivity contribution in [2.24, 2.45) is 10.4 Å². The molecule has 4 nitrogen and oxygen atoms in total. The van der Waals surface area contributed by atoms with E-state index in [-0.39, 0.29) is 12.0 Å². The molecule has 108 valence electrons. The number of guanidine groups is 1. The van der Waals surface area contributed by atoms with Gasteiger partial charge in [-0.05, 0) is 24.3 Å². The zero-order valence-corrected chi connectivity index (χ0v) is 12.0. The topological polar surface area (TPSA) is 47.9 Å². The minimum Gasteiger partial charge on any atom is -0.396 e. The number of aliphatic hydroxyl groups is 1. The Morgan fingerprint density at radius 1 is 1.40 bits per heavy atom. The highest BCUT2D eigenvalue weighted by Gasteiger charge is 2.54. The average Bonchev–Trinajstić information content (AvgIpc) is 3.23. The van der Waals surface area contributed by atoms with Gasteiger partial charge >= 0.3 is 0 Å². The summed E-state index contributed by atoms with van der Waals surface area (Å²) in [5.74, 6) is 1.44. The van der Waals surface area contributed by atoms with E-state index >= 15 is 0 Å². The SMILES string of the molecule is CN1CCCN=C1NCC1(CO)CC1c1ccccc1. The Morgan fingerprint density at radius 2 is 2.20 bits per heavy atom. The first-order chi connectivity index (χ1) is 9.75. The molecule has 0 radical (unpaired) electrons. The van der Waals surface area contributed by atoms with Crippen molar-refractivity contribution in [1.29, 1.82) is 0 Å². The van der Waals surface area contributed by atoms with Crippen molar-refractivity contribution in [2.75, 3.05) is 33.3 Å². The van der Waals surface area contributed by atoms with Crippen LogP contribution in [0.2, 0.25) is 0 Å². The third-order valence-corrected chi connectivity index (χ3v) is 4.58. The highest BCUT2D eigenvalue weighted by atomic mass is 16.3. The molecule has 0 saturated heterocycles. The van der Waals surface area contributed by atoms with E-state index in [9.17, 15) is 5.11 Å². The number of nitrogens with one attached hydrogen (secondary N) is 1. The molecular weight excluding hydrogens is 250 g/mol. The molecule has 0 amide bonds. The molecule has 2 atom stereocenters.